The zero-order valence-corrected chi connectivity index (χ0v) is 9.32. The van der Waals surface area contributed by atoms with Gasteiger partial charge in [-0.3, -0.25) is 0 Å². The molecule has 1 aliphatic heterocycles. The quantitative estimate of drug-likeness (QED) is 0.823. The minimum atomic E-state index is 0.600. The first-order valence-electron chi connectivity index (χ1n) is 5.76. The van der Waals surface area contributed by atoms with E-state index in [9.17, 15) is 0 Å². The van der Waals surface area contributed by atoms with E-state index in [-0.39, 0.29) is 0 Å². The molecule has 0 aromatic carbocycles. The van der Waals surface area contributed by atoms with Crippen LogP contribution in [0.4, 0.5) is 11.5 Å². The molecule has 0 saturated carbocycles. The third kappa shape index (κ3) is 2.41. The van der Waals surface area contributed by atoms with Crippen LogP contribution in [0, 0.1) is 5.92 Å². The van der Waals surface area contributed by atoms with Crippen molar-refractivity contribution in [3.8, 4) is 0 Å². The molecule has 3 heteroatoms. The summed E-state index contributed by atoms with van der Waals surface area (Å²) < 4.78 is 0. The largest absolute Gasteiger partial charge is 0.384 e. The van der Waals surface area contributed by atoms with E-state index in [2.05, 4.69) is 22.9 Å². The average molecular weight is 205 g/mol. The summed E-state index contributed by atoms with van der Waals surface area (Å²) in [4.78, 5) is 6.54. The first kappa shape index (κ1) is 10.3. The Labute approximate surface area is 91.3 Å². The van der Waals surface area contributed by atoms with Crippen molar-refractivity contribution in [2.24, 2.45) is 5.92 Å². The topological polar surface area (TPSA) is 42.1 Å². The molecule has 0 spiro atoms. The molecule has 15 heavy (non-hydrogen) atoms. The second-order valence-electron chi connectivity index (χ2n) is 4.33. The van der Waals surface area contributed by atoms with Crippen molar-refractivity contribution in [2.75, 3.05) is 23.7 Å². The Bertz CT molecular complexity index is 307. The van der Waals surface area contributed by atoms with Gasteiger partial charge in [-0.15, -0.1) is 0 Å². The Morgan fingerprint density at radius 3 is 3.07 bits per heavy atom. The molecule has 0 radical (unpaired) electrons. The van der Waals surface area contributed by atoms with E-state index >= 15 is 0 Å². The Kier molecular flexibility index (Phi) is 3.09. The molecular weight excluding hydrogens is 186 g/mol. The lowest BCUT2D eigenvalue weighted by atomic mass is 10.0. The van der Waals surface area contributed by atoms with Gasteiger partial charge in [0.1, 0.15) is 5.82 Å². The summed E-state index contributed by atoms with van der Waals surface area (Å²) in [6, 6.07) is 3.94. The minimum absolute atomic E-state index is 0.600. The normalized spacial score (nSPS) is 20.9. The molecule has 1 saturated heterocycles. The monoisotopic (exact) mass is 205 g/mol. The first-order valence-corrected chi connectivity index (χ1v) is 5.76. The van der Waals surface area contributed by atoms with E-state index < -0.39 is 0 Å². The number of anilines is 2. The maximum absolute atomic E-state index is 5.57. The van der Waals surface area contributed by atoms with Gasteiger partial charge in [0.05, 0.1) is 11.9 Å². The highest BCUT2D eigenvalue weighted by atomic mass is 15.2. The zero-order valence-electron chi connectivity index (χ0n) is 9.32. The molecule has 1 aromatic heterocycles. The predicted octanol–water partition coefficient (Wildman–Crippen LogP) is 2.29. The van der Waals surface area contributed by atoms with E-state index in [1.165, 1.54) is 31.5 Å². The van der Waals surface area contributed by atoms with Gasteiger partial charge in [0, 0.05) is 13.1 Å². The molecular formula is C12H19N3. The van der Waals surface area contributed by atoms with E-state index in [4.69, 9.17) is 5.73 Å². The SMILES string of the molecule is CCCC1CCN(c2ccc(N)nc2)C1. The summed E-state index contributed by atoms with van der Waals surface area (Å²) in [5, 5.41) is 0. The molecule has 1 unspecified atom stereocenters. The van der Waals surface area contributed by atoms with Crippen LogP contribution in [0.15, 0.2) is 18.3 Å². The molecule has 1 aromatic rings. The van der Waals surface area contributed by atoms with Crippen molar-refractivity contribution in [1.82, 2.24) is 4.98 Å². The average Bonchev–Trinajstić information content (AvgIpc) is 2.68. The third-order valence-electron chi connectivity index (χ3n) is 3.12. The van der Waals surface area contributed by atoms with Gasteiger partial charge in [-0.05, 0) is 30.9 Å². The summed E-state index contributed by atoms with van der Waals surface area (Å²) in [6.07, 6.45) is 5.83. The van der Waals surface area contributed by atoms with Crippen molar-refractivity contribution in [1.29, 1.82) is 0 Å². The molecule has 3 nitrogen and oxygen atoms in total. The summed E-state index contributed by atoms with van der Waals surface area (Å²) in [6.45, 7) is 4.60. The number of nitrogens with zero attached hydrogens (tertiary/aromatic N) is 2. The Morgan fingerprint density at radius 2 is 2.40 bits per heavy atom. The van der Waals surface area contributed by atoms with Gasteiger partial charge in [0.2, 0.25) is 0 Å². The second-order valence-corrected chi connectivity index (χ2v) is 4.33. The summed E-state index contributed by atoms with van der Waals surface area (Å²) >= 11 is 0. The maximum atomic E-state index is 5.57. The molecule has 82 valence electrons. The van der Waals surface area contributed by atoms with E-state index in [0.717, 1.165) is 12.5 Å². The van der Waals surface area contributed by atoms with Gasteiger partial charge in [-0.2, -0.15) is 0 Å². The molecule has 0 amide bonds. The smallest absolute Gasteiger partial charge is 0.123 e. The Morgan fingerprint density at radius 1 is 1.53 bits per heavy atom. The van der Waals surface area contributed by atoms with E-state index in [1.54, 1.807) is 0 Å². The van der Waals surface area contributed by atoms with Gasteiger partial charge in [-0.25, -0.2) is 4.98 Å². The Balaban J connectivity index is 1.98. The lowest BCUT2D eigenvalue weighted by Gasteiger charge is -2.18. The molecule has 0 bridgehead atoms. The van der Waals surface area contributed by atoms with Crippen LogP contribution in [-0.4, -0.2) is 18.1 Å². The van der Waals surface area contributed by atoms with Gasteiger partial charge in [-0.1, -0.05) is 13.3 Å². The number of nitrogen functional groups attached to an aromatic ring is 1. The van der Waals surface area contributed by atoms with Crippen molar-refractivity contribution < 1.29 is 0 Å². The third-order valence-corrected chi connectivity index (χ3v) is 3.12. The van der Waals surface area contributed by atoms with Crippen LogP contribution in [0.3, 0.4) is 0 Å². The van der Waals surface area contributed by atoms with Crippen LogP contribution < -0.4 is 10.6 Å². The summed E-state index contributed by atoms with van der Waals surface area (Å²) in [5.41, 5.74) is 6.78. The van der Waals surface area contributed by atoms with Crippen LogP contribution in [0.5, 0.6) is 0 Å². The molecule has 2 heterocycles. The molecule has 0 aliphatic carbocycles. The number of rotatable bonds is 3. The van der Waals surface area contributed by atoms with Crippen LogP contribution in [0.1, 0.15) is 26.2 Å². The van der Waals surface area contributed by atoms with Crippen molar-refractivity contribution >= 4 is 11.5 Å². The minimum Gasteiger partial charge on any atom is -0.384 e. The van der Waals surface area contributed by atoms with Gasteiger partial charge in [0.25, 0.3) is 0 Å². The van der Waals surface area contributed by atoms with Crippen LogP contribution >= 0.6 is 0 Å². The van der Waals surface area contributed by atoms with E-state index in [1.807, 2.05) is 12.3 Å². The van der Waals surface area contributed by atoms with Gasteiger partial charge in [0.15, 0.2) is 0 Å². The number of hydrogen-bond acceptors (Lipinski definition) is 3. The first-order chi connectivity index (χ1) is 7.29. The van der Waals surface area contributed by atoms with Crippen LogP contribution in [-0.2, 0) is 0 Å². The highest BCUT2D eigenvalue weighted by molar-refractivity contribution is 5.48. The highest BCUT2D eigenvalue weighted by Crippen LogP contribution is 2.25. The van der Waals surface area contributed by atoms with Crippen LogP contribution in [0.25, 0.3) is 0 Å². The molecule has 1 aliphatic rings. The van der Waals surface area contributed by atoms with Gasteiger partial charge < -0.3 is 10.6 Å². The summed E-state index contributed by atoms with van der Waals surface area (Å²) in [7, 11) is 0. The molecule has 1 fully saturated rings. The fourth-order valence-corrected chi connectivity index (χ4v) is 2.30. The number of aromatic nitrogens is 1. The lowest BCUT2D eigenvalue weighted by molar-refractivity contribution is 0.530. The molecule has 1 atom stereocenters. The number of hydrogen-bond donors (Lipinski definition) is 1. The standard InChI is InChI=1S/C12H19N3/c1-2-3-10-6-7-15(9-10)11-4-5-12(13)14-8-11/h4-5,8,10H,2-3,6-7,9H2,1H3,(H2,13,14). The lowest BCUT2D eigenvalue weighted by Crippen LogP contribution is -2.19. The second kappa shape index (κ2) is 4.51. The van der Waals surface area contributed by atoms with Crippen molar-refractivity contribution in [2.45, 2.75) is 26.2 Å². The highest BCUT2D eigenvalue weighted by Gasteiger charge is 2.21. The summed E-state index contributed by atoms with van der Waals surface area (Å²) in [5.74, 6) is 1.47. The zero-order chi connectivity index (χ0) is 10.7. The fraction of sp³-hybridized carbons (Fsp3) is 0.583. The Hall–Kier alpha value is -1.25. The fourth-order valence-electron chi connectivity index (χ4n) is 2.30. The predicted molar refractivity (Wildman–Crippen MR) is 63.9 cm³/mol. The van der Waals surface area contributed by atoms with Crippen molar-refractivity contribution in [3.05, 3.63) is 18.3 Å². The molecule has 2 N–H and O–H groups in total. The number of pyridine rings is 1. The van der Waals surface area contributed by atoms with Gasteiger partial charge >= 0.3 is 0 Å². The van der Waals surface area contributed by atoms with E-state index in [0.29, 0.717) is 5.82 Å². The number of nitrogens with two attached hydrogens (primary N) is 1. The molecule has 2 rings (SSSR count). The van der Waals surface area contributed by atoms with Crippen LogP contribution in [0.2, 0.25) is 0 Å². The van der Waals surface area contributed by atoms with Crippen molar-refractivity contribution in [3.63, 3.8) is 0 Å². The maximum Gasteiger partial charge on any atom is 0.123 e.